The fourth-order valence-corrected chi connectivity index (χ4v) is 4.63. The molecule has 1 fully saturated rings. The van der Waals surface area contributed by atoms with Crippen LogP contribution in [-0.4, -0.2) is 50.4 Å². The largest absolute Gasteiger partial charge is 0.384 e. The topological polar surface area (TPSA) is 126 Å². The number of nitrogens with one attached hydrogen (secondary N) is 1. The Kier molecular flexibility index (Phi) is 7.23. The maximum atomic E-state index is 13.8. The average molecular weight is 508 g/mol. The van der Waals surface area contributed by atoms with Crippen LogP contribution in [0.4, 0.5) is 21.0 Å². The number of carbonyl (C=O) groups excluding carboxylic acids is 3. The molecule has 1 unspecified atom stereocenters. The molecule has 0 saturated carbocycles. The number of likely N-dealkylation sites (tertiary alicyclic amines) is 1. The standard InChI is InChI=1S/C26H30FN7O3/c1-5-20(17-6-7-19(27)15(2)12-17)31-26(37)34-22(24(36)33(4)25-30-10-11-32(25)3)18(23(34)35)13-16-8-9-29-21(28)14-16/h6-12,14,18,20,22H,5,13H2,1-4H3,(H2,28,29)(H,31,37)/t18-,20?,22+/m1/s1. The number of imidazole rings is 1. The highest BCUT2D eigenvalue weighted by atomic mass is 19.1. The number of nitrogen functional groups attached to an aromatic ring is 1. The molecule has 1 aromatic carbocycles. The number of benzene rings is 1. The van der Waals surface area contributed by atoms with E-state index in [4.69, 9.17) is 5.73 Å². The molecule has 3 heterocycles. The van der Waals surface area contributed by atoms with Crippen molar-refractivity contribution in [1.82, 2.24) is 24.8 Å². The number of aromatic nitrogens is 3. The summed E-state index contributed by atoms with van der Waals surface area (Å²) in [6.07, 6.45) is 5.51. The summed E-state index contributed by atoms with van der Waals surface area (Å²) < 4.78 is 15.5. The van der Waals surface area contributed by atoms with E-state index in [0.717, 1.165) is 10.5 Å². The third-order valence-electron chi connectivity index (χ3n) is 6.70. The Morgan fingerprint density at radius 1 is 1.22 bits per heavy atom. The molecule has 3 atom stereocenters. The molecular formula is C26H30FN7O3. The van der Waals surface area contributed by atoms with Crippen molar-refractivity contribution in [3.8, 4) is 0 Å². The van der Waals surface area contributed by atoms with Crippen LogP contribution in [0.25, 0.3) is 0 Å². The summed E-state index contributed by atoms with van der Waals surface area (Å²) in [6, 6.07) is 5.77. The Labute approximate surface area is 214 Å². The van der Waals surface area contributed by atoms with Crippen LogP contribution in [0.1, 0.15) is 36.1 Å². The van der Waals surface area contributed by atoms with Crippen molar-refractivity contribution < 1.29 is 18.8 Å². The number of imide groups is 1. The van der Waals surface area contributed by atoms with Crippen LogP contribution in [0.5, 0.6) is 0 Å². The highest BCUT2D eigenvalue weighted by Crippen LogP contribution is 2.33. The highest BCUT2D eigenvalue weighted by Gasteiger charge is 2.55. The minimum atomic E-state index is -1.05. The maximum absolute atomic E-state index is 13.8. The van der Waals surface area contributed by atoms with Crippen LogP contribution in [-0.2, 0) is 23.1 Å². The predicted molar refractivity (Wildman–Crippen MR) is 136 cm³/mol. The van der Waals surface area contributed by atoms with Crippen LogP contribution in [0.15, 0.2) is 48.9 Å². The number of amides is 4. The number of halogens is 1. The van der Waals surface area contributed by atoms with Gasteiger partial charge in [-0.05, 0) is 54.7 Å². The SMILES string of the molecule is CCC(NC(=O)N1C(=O)[C@H](Cc2ccnc(N)c2)[C@H]1C(=O)N(C)c1nccn1C)c1ccc(F)c(C)c1. The second-order valence-electron chi connectivity index (χ2n) is 9.21. The number of anilines is 2. The van der Waals surface area contributed by atoms with Crippen molar-refractivity contribution in [1.29, 1.82) is 0 Å². The lowest BCUT2D eigenvalue weighted by atomic mass is 9.81. The summed E-state index contributed by atoms with van der Waals surface area (Å²) in [5.41, 5.74) is 7.68. The third-order valence-corrected chi connectivity index (χ3v) is 6.70. The average Bonchev–Trinajstić information content (AvgIpc) is 3.30. The molecule has 10 nitrogen and oxygen atoms in total. The van der Waals surface area contributed by atoms with Gasteiger partial charge in [-0.1, -0.05) is 19.1 Å². The normalized spacial score (nSPS) is 17.8. The van der Waals surface area contributed by atoms with E-state index in [1.807, 2.05) is 6.92 Å². The number of pyridine rings is 1. The van der Waals surface area contributed by atoms with Gasteiger partial charge in [0.2, 0.25) is 11.9 Å². The van der Waals surface area contributed by atoms with Crippen molar-refractivity contribution in [2.75, 3.05) is 17.7 Å². The minimum absolute atomic E-state index is 0.217. The molecule has 3 N–H and O–H groups in total. The Hall–Kier alpha value is -4.28. The Balaban J connectivity index is 1.61. The van der Waals surface area contributed by atoms with Gasteiger partial charge in [0.15, 0.2) is 0 Å². The van der Waals surface area contributed by atoms with E-state index in [-0.39, 0.29) is 12.2 Å². The second-order valence-corrected chi connectivity index (χ2v) is 9.21. The summed E-state index contributed by atoms with van der Waals surface area (Å²) in [7, 11) is 3.30. The van der Waals surface area contributed by atoms with Crippen LogP contribution < -0.4 is 16.0 Å². The molecule has 4 rings (SSSR count). The zero-order valence-electron chi connectivity index (χ0n) is 21.2. The Morgan fingerprint density at radius 3 is 2.59 bits per heavy atom. The van der Waals surface area contributed by atoms with Gasteiger partial charge in [0.25, 0.3) is 5.91 Å². The number of urea groups is 1. The number of nitrogens with zero attached hydrogens (tertiary/aromatic N) is 5. The van der Waals surface area contributed by atoms with Gasteiger partial charge in [-0.3, -0.25) is 19.4 Å². The molecule has 11 heteroatoms. The van der Waals surface area contributed by atoms with E-state index in [1.165, 1.54) is 17.2 Å². The number of carbonyl (C=O) groups is 3. The van der Waals surface area contributed by atoms with Crippen molar-refractivity contribution in [3.05, 3.63) is 71.4 Å². The first kappa shape index (κ1) is 25.8. The smallest absolute Gasteiger partial charge is 0.325 e. The first-order chi connectivity index (χ1) is 17.6. The fraction of sp³-hybridized carbons (Fsp3) is 0.346. The third kappa shape index (κ3) is 5.02. The van der Waals surface area contributed by atoms with Gasteiger partial charge in [0, 0.05) is 32.7 Å². The molecule has 1 saturated heterocycles. The van der Waals surface area contributed by atoms with Gasteiger partial charge in [-0.2, -0.15) is 0 Å². The van der Waals surface area contributed by atoms with E-state index in [2.05, 4.69) is 15.3 Å². The molecule has 0 aliphatic carbocycles. The molecule has 0 radical (unpaired) electrons. The Morgan fingerprint density at radius 2 is 1.97 bits per heavy atom. The summed E-state index contributed by atoms with van der Waals surface area (Å²) in [6.45, 7) is 3.51. The fourth-order valence-electron chi connectivity index (χ4n) is 4.63. The molecule has 1 aliphatic heterocycles. The highest BCUT2D eigenvalue weighted by molar-refractivity contribution is 6.12. The molecule has 4 amide bonds. The molecule has 194 valence electrons. The lowest BCUT2D eigenvalue weighted by Gasteiger charge is -2.45. The van der Waals surface area contributed by atoms with Crippen LogP contribution in [0, 0.1) is 18.7 Å². The van der Waals surface area contributed by atoms with Gasteiger partial charge in [0.1, 0.15) is 17.7 Å². The maximum Gasteiger partial charge on any atom is 0.325 e. The van der Waals surface area contributed by atoms with E-state index < -0.39 is 35.8 Å². The zero-order chi connectivity index (χ0) is 26.9. The number of likely N-dealkylation sites (N-methyl/N-ethyl adjacent to an activating group) is 1. The number of aryl methyl sites for hydroxylation is 2. The zero-order valence-corrected chi connectivity index (χ0v) is 21.2. The van der Waals surface area contributed by atoms with E-state index in [0.29, 0.717) is 29.3 Å². The number of nitrogens with two attached hydrogens (primary N) is 1. The van der Waals surface area contributed by atoms with Crippen LogP contribution in [0.2, 0.25) is 0 Å². The van der Waals surface area contributed by atoms with Crippen molar-refractivity contribution in [3.63, 3.8) is 0 Å². The first-order valence-corrected chi connectivity index (χ1v) is 12.0. The number of hydrogen-bond acceptors (Lipinski definition) is 6. The number of β-lactam (4-membered cyclic amide) rings is 1. The number of rotatable bonds is 7. The van der Waals surface area contributed by atoms with E-state index >= 15 is 0 Å². The summed E-state index contributed by atoms with van der Waals surface area (Å²) in [5.74, 6) is -1.34. The number of hydrogen-bond donors (Lipinski definition) is 2. The lowest BCUT2D eigenvalue weighted by Crippen LogP contribution is -2.70. The molecule has 37 heavy (non-hydrogen) atoms. The van der Waals surface area contributed by atoms with E-state index in [1.54, 1.807) is 62.2 Å². The Bertz CT molecular complexity index is 1340. The molecule has 0 bridgehead atoms. The molecule has 1 aliphatic rings. The summed E-state index contributed by atoms with van der Waals surface area (Å²) in [5, 5.41) is 2.85. The van der Waals surface area contributed by atoms with E-state index in [9.17, 15) is 18.8 Å². The monoisotopic (exact) mass is 507 g/mol. The van der Waals surface area contributed by atoms with Crippen molar-refractivity contribution >= 4 is 29.6 Å². The molecule has 0 spiro atoms. The van der Waals surface area contributed by atoms with Gasteiger partial charge in [-0.15, -0.1) is 0 Å². The van der Waals surface area contributed by atoms with Gasteiger partial charge < -0.3 is 15.6 Å². The first-order valence-electron chi connectivity index (χ1n) is 12.0. The lowest BCUT2D eigenvalue weighted by molar-refractivity contribution is -0.156. The molecular weight excluding hydrogens is 477 g/mol. The summed E-state index contributed by atoms with van der Waals surface area (Å²) >= 11 is 0. The molecule has 3 aromatic rings. The van der Waals surface area contributed by atoms with Crippen molar-refractivity contribution in [2.45, 2.75) is 38.8 Å². The second kappa shape index (κ2) is 10.4. The van der Waals surface area contributed by atoms with Crippen LogP contribution >= 0.6 is 0 Å². The quantitative estimate of drug-likeness (QED) is 0.474. The van der Waals surface area contributed by atoms with Crippen molar-refractivity contribution in [2.24, 2.45) is 13.0 Å². The molecule has 2 aromatic heterocycles. The van der Waals surface area contributed by atoms with Crippen LogP contribution in [0.3, 0.4) is 0 Å². The predicted octanol–water partition coefficient (Wildman–Crippen LogP) is 2.74. The van der Waals surface area contributed by atoms with Gasteiger partial charge in [-0.25, -0.2) is 19.2 Å². The summed E-state index contributed by atoms with van der Waals surface area (Å²) in [4.78, 5) is 50.8. The minimum Gasteiger partial charge on any atom is -0.384 e. The van der Waals surface area contributed by atoms with Gasteiger partial charge >= 0.3 is 6.03 Å². The van der Waals surface area contributed by atoms with Gasteiger partial charge in [0.05, 0.1) is 12.0 Å².